The minimum absolute atomic E-state index is 0.163. The second-order valence-electron chi connectivity index (χ2n) is 12.1. The zero-order valence-corrected chi connectivity index (χ0v) is 26.5. The van der Waals surface area contributed by atoms with Crippen LogP contribution in [0.2, 0.25) is 0 Å². The van der Waals surface area contributed by atoms with Crippen molar-refractivity contribution in [1.82, 2.24) is 9.80 Å². The van der Waals surface area contributed by atoms with Gasteiger partial charge in [0, 0.05) is 22.2 Å². The summed E-state index contributed by atoms with van der Waals surface area (Å²) in [6.07, 6.45) is 8.18. The highest BCUT2D eigenvalue weighted by Crippen LogP contribution is 2.42. The minimum atomic E-state index is 0.163. The quantitative estimate of drug-likeness (QED) is 0.191. The van der Waals surface area contributed by atoms with Gasteiger partial charge in [0.2, 0.25) is 0 Å². The van der Waals surface area contributed by atoms with Crippen molar-refractivity contribution < 1.29 is 19.3 Å². The van der Waals surface area contributed by atoms with Crippen LogP contribution in [0, 0.1) is 0 Å². The molecule has 4 aromatic rings. The molecule has 6 nitrogen and oxygen atoms in total. The molecule has 0 bridgehead atoms. The molecule has 7 heteroatoms. The number of ether oxygens (including phenoxy) is 3. The molecular weight excluding hydrogens is 556 g/mol. The number of rotatable bonds is 11. The number of likely N-dealkylation sites (N-methyl/N-ethyl adjacent to an activating group) is 1. The number of hydrogen-bond acceptors (Lipinski definition) is 7. The molecule has 1 saturated carbocycles. The SMILES string of the molecule is COc1cc(Cc2c(-c3ccc(OCCN4CCCC4)cc3)sc3cc(O)ccc23)ccc1O[C@@H]1CCCC[C@H]1N(C)C. The van der Waals surface area contributed by atoms with Crippen molar-refractivity contribution in [2.24, 2.45) is 0 Å². The lowest BCUT2D eigenvalue weighted by atomic mass is 9.91. The number of fused-ring (bicyclic) bond motifs is 1. The molecule has 1 aliphatic carbocycles. The Bertz CT molecular complexity index is 1510. The molecule has 43 heavy (non-hydrogen) atoms. The van der Waals surface area contributed by atoms with Gasteiger partial charge in [-0.05, 0) is 142 Å². The van der Waals surface area contributed by atoms with Gasteiger partial charge in [-0.2, -0.15) is 0 Å². The summed E-state index contributed by atoms with van der Waals surface area (Å²) in [5.74, 6) is 2.77. The Labute approximate surface area is 259 Å². The normalized spacial score (nSPS) is 19.3. The monoisotopic (exact) mass is 600 g/mol. The molecule has 1 aromatic heterocycles. The summed E-state index contributed by atoms with van der Waals surface area (Å²) in [5.41, 5.74) is 3.56. The number of benzene rings is 3. The Morgan fingerprint density at radius 1 is 0.907 bits per heavy atom. The molecule has 1 aliphatic heterocycles. The summed E-state index contributed by atoms with van der Waals surface area (Å²) >= 11 is 1.72. The van der Waals surface area contributed by atoms with Crippen molar-refractivity contribution in [3.63, 3.8) is 0 Å². The maximum absolute atomic E-state index is 10.2. The zero-order chi connectivity index (χ0) is 29.8. The molecule has 1 N–H and O–H groups in total. The van der Waals surface area contributed by atoms with Crippen LogP contribution in [0.15, 0.2) is 60.7 Å². The van der Waals surface area contributed by atoms with Crippen LogP contribution in [0.4, 0.5) is 0 Å². The maximum Gasteiger partial charge on any atom is 0.161 e. The third kappa shape index (κ3) is 6.95. The van der Waals surface area contributed by atoms with E-state index in [4.69, 9.17) is 14.2 Å². The number of aromatic hydroxyl groups is 1. The predicted molar refractivity (Wildman–Crippen MR) is 176 cm³/mol. The van der Waals surface area contributed by atoms with Crippen molar-refractivity contribution >= 4 is 21.4 Å². The summed E-state index contributed by atoms with van der Waals surface area (Å²) in [6.45, 7) is 4.07. The molecule has 0 radical (unpaired) electrons. The zero-order valence-electron chi connectivity index (χ0n) is 25.7. The van der Waals surface area contributed by atoms with Crippen LogP contribution >= 0.6 is 11.3 Å². The fourth-order valence-electron chi connectivity index (χ4n) is 6.64. The van der Waals surface area contributed by atoms with Gasteiger partial charge in [0.1, 0.15) is 24.2 Å². The topological polar surface area (TPSA) is 54.4 Å². The van der Waals surface area contributed by atoms with E-state index >= 15 is 0 Å². The average Bonchev–Trinajstić information content (AvgIpc) is 3.66. The van der Waals surface area contributed by atoms with Crippen molar-refractivity contribution in [3.05, 3.63) is 71.8 Å². The number of phenolic OH excluding ortho intramolecular Hbond substituents is 1. The van der Waals surface area contributed by atoms with Crippen LogP contribution in [0.1, 0.15) is 49.7 Å². The van der Waals surface area contributed by atoms with Gasteiger partial charge in [-0.15, -0.1) is 11.3 Å². The van der Waals surface area contributed by atoms with Gasteiger partial charge in [0.15, 0.2) is 11.5 Å². The van der Waals surface area contributed by atoms with E-state index in [0.29, 0.717) is 12.6 Å². The minimum Gasteiger partial charge on any atom is -0.508 e. The molecule has 228 valence electrons. The summed E-state index contributed by atoms with van der Waals surface area (Å²) in [7, 11) is 6.01. The van der Waals surface area contributed by atoms with Gasteiger partial charge in [-0.25, -0.2) is 0 Å². The van der Waals surface area contributed by atoms with Crippen LogP contribution in [0.3, 0.4) is 0 Å². The van der Waals surface area contributed by atoms with Gasteiger partial charge in [0.25, 0.3) is 0 Å². The second-order valence-corrected chi connectivity index (χ2v) is 13.2. The van der Waals surface area contributed by atoms with Crippen LogP contribution in [0.5, 0.6) is 23.0 Å². The second kappa shape index (κ2) is 13.6. The van der Waals surface area contributed by atoms with E-state index < -0.39 is 0 Å². The number of likely N-dealkylation sites (tertiary alicyclic amines) is 1. The van der Waals surface area contributed by atoms with Gasteiger partial charge >= 0.3 is 0 Å². The smallest absolute Gasteiger partial charge is 0.161 e. The lowest BCUT2D eigenvalue weighted by molar-refractivity contribution is 0.0601. The van der Waals surface area contributed by atoms with E-state index in [2.05, 4.69) is 66.4 Å². The maximum atomic E-state index is 10.2. The van der Waals surface area contributed by atoms with Crippen molar-refractivity contribution in [3.8, 4) is 33.4 Å². The van der Waals surface area contributed by atoms with Gasteiger partial charge in [-0.1, -0.05) is 12.5 Å². The van der Waals surface area contributed by atoms with Gasteiger partial charge in [-0.3, -0.25) is 4.90 Å². The molecule has 2 aliphatic rings. The largest absolute Gasteiger partial charge is 0.508 e. The van der Waals surface area contributed by atoms with E-state index in [9.17, 15) is 5.11 Å². The summed E-state index contributed by atoms with van der Waals surface area (Å²) in [5, 5.41) is 11.4. The van der Waals surface area contributed by atoms with Crippen molar-refractivity contribution in [2.45, 2.75) is 57.1 Å². The van der Waals surface area contributed by atoms with Crippen molar-refractivity contribution in [1.29, 1.82) is 0 Å². The van der Waals surface area contributed by atoms with Crippen LogP contribution in [0.25, 0.3) is 20.5 Å². The van der Waals surface area contributed by atoms with E-state index in [1.165, 1.54) is 54.6 Å². The van der Waals surface area contributed by atoms with Gasteiger partial charge < -0.3 is 24.2 Å². The number of methoxy groups -OCH3 is 1. The highest BCUT2D eigenvalue weighted by molar-refractivity contribution is 7.22. The molecule has 0 spiro atoms. The van der Waals surface area contributed by atoms with E-state index in [1.807, 2.05) is 12.1 Å². The van der Waals surface area contributed by atoms with Crippen LogP contribution in [-0.2, 0) is 6.42 Å². The Balaban J connectivity index is 1.23. The number of hydrogen-bond donors (Lipinski definition) is 1. The first kappa shape index (κ1) is 29.8. The Morgan fingerprint density at radius 2 is 1.70 bits per heavy atom. The molecule has 0 amide bonds. The molecule has 1 saturated heterocycles. The fourth-order valence-corrected chi connectivity index (χ4v) is 7.90. The molecule has 2 atom stereocenters. The highest BCUT2D eigenvalue weighted by Gasteiger charge is 2.29. The molecule has 6 rings (SSSR count). The standard InChI is InChI=1S/C36H44N2O4S/c1-37(2)31-8-4-5-9-32(31)42-33-17-10-25(23-34(33)40-3)22-30-29-16-13-27(39)24-35(29)43-36(30)26-11-14-28(15-12-26)41-21-20-38-18-6-7-19-38/h10-17,23-24,31-32,39H,4-9,18-22H2,1-3H3/t31-,32-/m1/s1. The summed E-state index contributed by atoms with van der Waals surface area (Å²) < 4.78 is 19.6. The number of phenols is 1. The van der Waals surface area contributed by atoms with E-state index in [-0.39, 0.29) is 11.9 Å². The lowest BCUT2D eigenvalue weighted by Crippen LogP contribution is -2.44. The fraction of sp³-hybridized carbons (Fsp3) is 0.444. The number of nitrogens with zero attached hydrogens (tertiary/aromatic N) is 2. The molecule has 0 unspecified atom stereocenters. The van der Waals surface area contributed by atoms with Crippen LogP contribution in [-0.4, -0.2) is 74.5 Å². The summed E-state index contributed by atoms with van der Waals surface area (Å²) in [4.78, 5) is 5.97. The highest BCUT2D eigenvalue weighted by atomic mass is 32.1. The molecule has 3 aromatic carbocycles. The molecular formula is C36H44N2O4S. The Kier molecular flexibility index (Phi) is 9.41. The van der Waals surface area contributed by atoms with E-state index in [0.717, 1.165) is 58.9 Å². The Morgan fingerprint density at radius 3 is 2.47 bits per heavy atom. The first-order valence-electron chi connectivity index (χ1n) is 15.7. The van der Waals surface area contributed by atoms with Crippen LogP contribution < -0.4 is 14.2 Å². The van der Waals surface area contributed by atoms with E-state index in [1.54, 1.807) is 24.5 Å². The third-order valence-electron chi connectivity index (χ3n) is 8.99. The third-order valence-corrected chi connectivity index (χ3v) is 10.2. The first-order chi connectivity index (χ1) is 21.0. The summed E-state index contributed by atoms with van der Waals surface area (Å²) in [6, 6.07) is 20.9. The van der Waals surface area contributed by atoms with Gasteiger partial charge in [0.05, 0.1) is 7.11 Å². The lowest BCUT2D eigenvalue weighted by Gasteiger charge is -2.36. The first-order valence-corrected chi connectivity index (χ1v) is 16.5. The molecule has 2 fully saturated rings. The predicted octanol–water partition coefficient (Wildman–Crippen LogP) is 7.60. The average molecular weight is 601 g/mol. The molecule has 2 heterocycles. The van der Waals surface area contributed by atoms with Crippen molar-refractivity contribution in [2.75, 3.05) is 47.4 Å². The Hall–Kier alpha value is -3.26. The number of thiophene rings is 1.